The highest BCUT2D eigenvalue weighted by Crippen LogP contribution is 2.32. The van der Waals surface area contributed by atoms with E-state index in [4.69, 9.17) is 0 Å². The average molecular weight is 556 g/mol. The zero-order valence-corrected chi connectivity index (χ0v) is 21.9. The van der Waals surface area contributed by atoms with Crippen LogP contribution in [0.1, 0.15) is 66.8 Å². The lowest BCUT2D eigenvalue weighted by Crippen LogP contribution is -2.41. The van der Waals surface area contributed by atoms with Crippen LogP contribution in [0.3, 0.4) is 0 Å². The van der Waals surface area contributed by atoms with Crippen molar-refractivity contribution >= 4 is 15.9 Å². The molecule has 208 valence electrons. The van der Waals surface area contributed by atoms with Gasteiger partial charge in [0.25, 0.3) is 0 Å². The summed E-state index contributed by atoms with van der Waals surface area (Å²) in [6.07, 6.45) is 0.991. The molecule has 2 aromatic rings. The molecule has 11 heteroatoms. The molecule has 0 radical (unpaired) electrons. The fraction of sp³-hybridized carbons (Fsp3) is 0.519. The predicted octanol–water partition coefficient (Wildman–Crippen LogP) is 4.89. The molecule has 0 unspecified atom stereocenters. The summed E-state index contributed by atoms with van der Waals surface area (Å²) in [5.41, 5.74) is 2.28. The van der Waals surface area contributed by atoms with Gasteiger partial charge in [-0.15, -0.1) is 0 Å². The van der Waals surface area contributed by atoms with Crippen molar-refractivity contribution in [2.75, 3.05) is 19.8 Å². The smallest absolute Gasteiger partial charge is 0.349 e. The Labute approximate surface area is 220 Å². The summed E-state index contributed by atoms with van der Waals surface area (Å²) in [6, 6.07) is 7.80. The Bertz CT molecular complexity index is 1230. The van der Waals surface area contributed by atoms with Crippen LogP contribution in [0.5, 0.6) is 0 Å². The quantitative estimate of drug-likeness (QED) is 0.432. The number of halogens is 4. The molecule has 0 saturated carbocycles. The molecule has 1 aliphatic heterocycles. The van der Waals surface area contributed by atoms with E-state index in [9.17, 15) is 30.8 Å². The van der Waals surface area contributed by atoms with E-state index in [1.165, 1.54) is 30.4 Å². The molecule has 0 bridgehead atoms. The van der Waals surface area contributed by atoms with Gasteiger partial charge in [-0.05, 0) is 80.1 Å². The molecule has 38 heavy (non-hydrogen) atoms. The number of benzene rings is 2. The average Bonchev–Trinajstić information content (AvgIpc) is 2.88. The molecule has 1 heterocycles. The first-order chi connectivity index (χ1) is 18.0. The predicted molar refractivity (Wildman–Crippen MR) is 136 cm³/mol. The Hall–Kier alpha value is -2.50. The Kier molecular flexibility index (Phi) is 9.10. The highest BCUT2D eigenvalue weighted by atomic mass is 32.2. The fourth-order valence-electron chi connectivity index (χ4n) is 5.22. The second-order valence-corrected chi connectivity index (χ2v) is 11.8. The summed E-state index contributed by atoms with van der Waals surface area (Å²) in [6.45, 7) is 1.91. The van der Waals surface area contributed by atoms with Crippen molar-refractivity contribution in [3.05, 3.63) is 64.7 Å². The summed E-state index contributed by atoms with van der Waals surface area (Å²) in [5.74, 6) is -0.533. The van der Waals surface area contributed by atoms with Gasteiger partial charge in [0.05, 0.1) is 22.5 Å². The molecule has 2 atom stereocenters. The van der Waals surface area contributed by atoms with E-state index < -0.39 is 51.7 Å². The van der Waals surface area contributed by atoms with Gasteiger partial charge in [0.1, 0.15) is 6.67 Å². The number of nitrogens with zero attached hydrogens (tertiary/aromatic N) is 1. The van der Waals surface area contributed by atoms with E-state index in [0.29, 0.717) is 12.5 Å². The summed E-state index contributed by atoms with van der Waals surface area (Å²) in [4.78, 5) is 14.6. The molecule has 1 saturated heterocycles. The minimum absolute atomic E-state index is 0.268. The maximum absolute atomic E-state index is 13.7. The number of amides is 1. The van der Waals surface area contributed by atoms with Crippen molar-refractivity contribution in [3.8, 4) is 0 Å². The highest BCUT2D eigenvalue weighted by Gasteiger charge is 2.32. The first-order valence-electron chi connectivity index (χ1n) is 12.9. The largest absolute Gasteiger partial charge is 0.416 e. The first-order valence-corrected chi connectivity index (χ1v) is 14.4. The van der Waals surface area contributed by atoms with Crippen LogP contribution in [0.4, 0.5) is 17.6 Å². The first kappa shape index (κ1) is 28.5. The van der Waals surface area contributed by atoms with Crippen LogP contribution in [0.2, 0.25) is 0 Å². The number of fused-ring (bicyclic) bond motifs is 1. The van der Waals surface area contributed by atoms with Crippen molar-refractivity contribution in [1.29, 1.82) is 0 Å². The van der Waals surface area contributed by atoms with Crippen LogP contribution in [-0.4, -0.2) is 45.0 Å². The third-order valence-corrected chi connectivity index (χ3v) is 8.64. The SMILES string of the molecule is O=C(C[C@@H](CF)NS(=O)(=O)c1cccc(C(F)(F)F)c1)N[C@@H]1CCCc2cc(CN3CCCCC3)ccc21. The molecule has 2 aromatic carbocycles. The van der Waals surface area contributed by atoms with Gasteiger partial charge in [0.2, 0.25) is 15.9 Å². The number of hydrogen-bond donors (Lipinski definition) is 2. The molecule has 0 aromatic heterocycles. The van der Waals surface area contributed by atoms with Crippen molar-refractivity contribution in [2.24, 2.45) is 0 Å². The van der Waals surface area contributed by atoms with Gasteiger partial charge in [0, 0.05) is 13.0 Å². The third-order valence-electron chi connectivity index (χ3n) is 7.12. The molecule has 4 rings (SSSR count). The summed E-state index contributed by atoms with van der Waals surface area (Å²) >= 11 is 0. The van der Waals surface area contributed by atoms with Gasteiger partial charge in [-0.2, -0.15) is 13.2 Å². The second-order valence-electron chi connectivity index (χ2n) is 10.1. The fourth-order valence-corrected chi connectivity index (χ4v) is 6.48. The minimum Gasteiger partial charge on any atom is -0.349 e. The normalized spacial score (nSPS) is 19.5. The molecule has 1 amide bonds. The lowest BCUT2D eigenvalue weighted by atomic mass is 9.86. The van der Waals surface area contributed by atoms with E-state index in [1.807, 2.05) is 10.8 Å². The van der Waals surface area contributed by atoms with Crippen LogP contribution < -0.4 is 10.0 Å². The van der Waals surface area contributed by atoms with E-state index in [1.54, 1.807) is 0 Å². The van der Waals surface area contributed by atoms with Crippen LogP contribution in [0, 0.1) is 0 Å². The monoisotopic (exact) mass is 555 g/mol. The summed E-state index contributed by atoms with van der Waals surface area (Å²) in [5, 5.41) is 2.90. The lowest BCUT2D eigenvalue weighted by molar-refractivity contribution is -0.137. The van der Waals surface area contributed by atoms with E-state index in [-0.39, 0.29) is 6.04 Å². The van der Waals surface area contributed by atoms with E-state index in [2.05, 4.69) is 22.3 Å². The Balaban J connectivity index is 1.38. The number of nitrogens with one attached hydrogen (secondary N) is 2. The molecule has 0 spiro atoms. The number of rotatable bonds is 9. The van der Waals surface area contributed by atoms with Crippen molar-refractivity contribution in [1.82, 2.24) is 14.9 Å². The number of piperidine rings is 1. The Morgan fingerprint density at radius 2 is 1.82 bits per heavy atom. The number of carbonyl (C=O) groups excluding carboxylic acids is 1. The lowest BCUT2D eigenvalue weighted by Gasteiger charge is -2.29. The van der Waals surface area contributed by atoms with E-state index >= 15 is 0 Å². The number of likely N-dealkylation sites (tertiary alicyclic amines) is 1. The molecule has 1 fully saturated rings. The number of alkyl halides is 4. The van der Waals surface area contributed by atoms with Gasteiger partial charge in [0.15, 0.2) is 0 Å². The van der Waals surface area contributed by atoms with Crippen LogP contribution in [-0.2, 0) is 34.0 Å². The Morgan fingerprint density at radius 3 is 2.53 bits per heavy atom. The van der Waals surface area contributed by atoms with Gasteiger partial charge in [-0.3, -0.25) is 9.69 Å². The minimum atomic E-state index is -4.73. The summed E-state index contributed by atoms with van der Waals surface area (Å²) in [7, 11) is -4.47. The molecular weight excluding hydrogens is 522 g/mol. The standard InChI is InChI=1S/C27H33F4N3O3S/c28-17-22(33-38(36,37)23-8-5-7-21(15-23)27(29,30)31)16-26(35)32-25-9-4-6-20-14-19(10-11-24(20)25)18-34-12-2-1-3-13-34/h5,7-8,10-11,14-15,22,25,33H,1-4,6,9,12-13,16-18H2,(H,32,35)/t22-,25+/m0/s1. The van der Waals surface area contributed by atoms with Crippen LogP contribution in [0.25, 0.3) is 0 Å². The third kappa shape index (κ3) is 7.33. The zero-order chi connectivity index (χ0) is 27.3. The maximum Gasteiger partial charge on any atom is 0.416 e. The molecule has 2 aliphatic rings. The van der Waals surface area contributed by atoms with Crippen LogP contribution >= 0.6 is 0 Å². The molecule has 6 nitrogen and oxygen atoms in total. The van der Waals surface area contributed by atoms with Crippen molar-refractivity contribution in [2.45, 2.75) is 74.6 Å². The molecule has 1 aliphatic carbocycles. The number of aryl methyl sites for hydroxylation is 1. The van der Waals surface area contributed by atoms with Gasteiger partial charge < -0.3 is 5.32 Å². The van der Waals surface area contributed by atoms with E-state index in [0.717, 1.165) is 56.2 Å². The van der Waals surface area contributed by atoms with Gasteiger partial charge in [-0.1, -0.05) is 30.7 Å². The number of carbonyl (C=O) groups is 1. The zero-order valence-electron chi connectivity index (χ0n) is 21.1. The highest BCUT2D eigenvalue weighted by molar-refractivity contribution is 7.89. The number of hydrogen-bond acceptors (Lipinski definition) is 4. The van der Waals surface area contributed by atoms with Crippen molar-refractivity contribution < 1.29 is 30.8 Å². The van der Waals surface area contributed by atoms with Gasteiger partial charge >= 0.3 is 6.18 Å². The molecule has 2 N–H and O–H groups in total. The van der Waals surface area contributed by atoms with Gasteiger partial charge in [-0.25, -0.2) is 17.5 Å². The topological polar surface area (TPSA) is 78.5 Å². The van der Waals surface area contributed by atoms with Crippen LogP contribution in [0.15, 0.2) is 47.4 Å². The molecular formula is C27H33F4N3O3S. The summed E-state index contributed by atoms with van der Waals surface area (Å²) < 4.78 is 79.9. The Morgan fingerprint density at radius 1 is 1.05 bits per heavy atom. The number of sulfonamides is 1. The van der Waals surface area contributed by atoms with Crippen molar-refractivity contribution in [3.63, 3.8) is 0 Å². The second kappa shape index (κ2) is 12.1. The maximum atomic E-state index is 13.7.